The topological polar surface area (TPSA) is 55.1 Å². The van der Waals surface area contributed by atoms with Crippen LogP contribution in [0.2, 0.25) is 5.02 Å². The minimum Gasteiger partial charge on any atom is -0.356 e. The maximum Gasteiger partial charge on any atom is 0.230 e. The Bertz CT molecular complexity index is 855. The number of aryl methyl sites for hydroxylation is 2. The van der Waals surface area contributed by atoms with Crippen LogP contribution in [0.25, 0.3) is 11.0 Å². The molecule has 1 heterocycles. The molecule has 1 amide bonds. The van der Waals surface area contributed by atoms with E-state index in [4.69, 9.17) is 16.1 Å². The van der Waals surface area contributed by atoms with Gasteiger partial charge in [0.05, 0.1) is 17.1 Å². The normalized spacial score (nSPS) is 10.9. The Kier molecular flexibility index (Phi) is 3.86. The highest BCUT2D eigenvalue weighted by Crippen LogP contribution is 2.25. The molecule has 0 radical (unpaired) electrons. The Morgan fingerprint density at radius 1 is 1.27 bits per heavy atom. The molecular formula is C17H15ClN2O2. The highest BCUT2D eigenvalue weighted by molar-refractivity contribution is 6.33. The molecule has 112 valence electrons. The summed E-state index contributed by atoms with van der Waals surface area (Å²) in [6.45, 7) is 3.97. The summed E-state index contributed by atoms with van der Waals surface area (Å²) in [5.41, 5.74) is 4.08. The minimum absolute atomic E-state index is 0.140. The van der Waals surface area contributed by atoms with E-state index in [1.807, 2.05) is 38.1 Å². The SMILES string of the molecule is Cc1cc(C)c2onc(CC(=O)Nc3ccccc3Cl)c2c1. The summed E-state index contributed by atoms with van der Waals surface area (Å²) in [4.78, 5) is 12.2. The molecule has 5 heteroatoms. The van der Waals surface area contributed by atoms with Gasteiger partial charge in [-0.05, 0) is 43.2 Å². The Labute approximate surface area is 133 Å². The van der Waals surface area contributed by atoms with Gasteiger partial charge in [-0.15, -0.1) is 0 Å². The van der Waals surface area contributed by atoms with Crippen molar-refractivity contribution < 1.29 is 9.32 Å². The van der Waals surface area contributed by atoms with Crippen LogP contribution >= 0.6 is 11.6 Å². The van der Waals surface area contributed by atoms with Crippen LogP contribution in [0.4, 0.5) is 5.69 Å². The lowest BCUT2D eigenvalue weighted by molar-refractivity contribution is -0.115. The molecule has 2 aromatic carbocycles. The maximum atomic E-state index is 12.2. The van der Waals surface area contributed by atoms with Crippen LogP contribution in [-0.2, 0) is 11.2 Å². The number of carbonyl (C=O) groups is 1. The van der Waals surface area contributed by atoms with Crippen LogP contribution < -0.4 is 5.32 Å². The van der Waals surface area contributed by atoms with Crippen molar-refractivity contribution in [1.82, 2.24) is 5.16 Å². The molecule has 0 saturated carbocycles. The van der Waals surface area contributed by atoms with Crippen LogP contribution in [0.1, 0.15) is 16.8 Å². The van der Waals surface area contributed by atoms with Crippen LogP contribution in [0, 0.1) is 13.8 Å². The van der Waals surface area contributed by atoms with Crippen LogP contribution in [0.15, 0.2) is 40.9 Å². The Hall–Kier alpha value is -2.33. The lowest BCUT2D eigenvalue weighted by Gasteiger charge is -2.05. The molecule has 3 rings (SSSR count). The molecule has 0 unspecified atom stereocenters. The van der Waals surface area contributed by atoms with Gasteiger partial charge in [-0.3, -0.25) is 4.79 Å². The second-order valence-corrected chi connectivity index (χ2v) is 5.70. The van der Waals surface area contributed by atoms with Crippen molar-refractivity contribution in [3.63, 3.8) is 0 Å². The van der Waals surface area contributed by atoms with Gasteiger partial charge >= 0.3 is 0 Å². The molecule has 0 aliphatic heterocycles. The highest BCUT2D eigenvalue weighted by atomic mass is 35.5. The number of hydrogen-bond acceptors (Lipinski definition) is 3. The van der Waals surface area contributed by atoms with E-state index < -0.39 is 0 Å². The molecular weight excluding hydrogens is 300 g/mol. The fourth-order valence-corrected chi connectivity index (χ4v) is 2.66. The molecule has 0 saturated heterocycles. The zero-order chi connectivity index (χ0) is 15.7. The summed E-state index contributed by atoms with van der Waals surface area (Å²) in [6.07, 6.45) is 0.140. The van der Waals surface area contributed by atoms with E-state index in [-0.39, 0.29) is 12.3 Å². The number of nitrogens with zero attached hydrogens (tertiary/aromatic N) is 1. The van der Waals surface area contributed by atoms with Gasteiger partial charge < -0.3 is 9.84 Å². The van der Waals surface area contributed by atoms with Crippen molar-refractivity contribution in [2.45, 2.75) is 20.3 Å². The van der Waals surface area contributed by atoms with E-state index in [0.717, 1.165) is 22.1 Å². The summed E-state index contributed by atoms with van der Waals surface area (Å²) in [7, 11) is 0. The number of rotatable bonds is 3. The maximum absolute atomic E-state index is 12.2. The summed E-state index contributed by atoms with van der Waals surface area (Å²) >= 11 is 6.04. The zero-order valence-electron chi connectivity index (χ0n) is 12.3. The molecule has 22 heavy (non-hydrogen) atoms. The average Bonchev–Trinajstić information content (AvgIpc) is 2.85. The molecule has 3 aromatic rings. The van der Waals surface area contributed by atoms with E-state index >= 15 is 0 Å². The number of carbonyl (C=O) groups excluding carboxylic acids is 1. The number of anilines is 1. The monoisotopic (exact) mass is 314 g/mol. The Morgan fingerprint density at radius 2 is 2.05 bits per heavy atom. The third kappa shape index (κ3) is 2.83. The molecule has 0 atom stereocenters. The smallest absolute Gasteiger partial charge is 0.230 e. The first-order valence-electron chi connectivity index (χ1n) is 6.94. The van der Waals surface area contributed by atoms with Crippen molar-refractivity contribution in [1.29, 1.82) is 0 Å². The van der Waals surface area contributed by atoms with Gasteiger partial charge in [0.2, 0.25) is 5.91 Å². The lowest BCUT2D eigenvalue weighted by atomic mass is 10.1. The standard InChI is InChI=1S/C17H15ClN2O2/c1-10-7-11(2)17-12(8-10)15(20-22-17)9-16(21)19-14-6-4-3-5-13(14)18/h3-8H,9H2,1-2H3,(H,19,21). The molecule has 1 N–H and O–H groups in total. The number of benzene rings is 2. The highest BCUT2D eigenvalue weighted by Gasteiger charge is 2.15. The first-order chi connectivity index (χ1) is 10.5. The molecule has 0 spiro atoms. The largest absolute Gasteiger partial charge is 0.356 e. The fourth-order valence-electron chi connectivity index (χ4n) is 2.48. The molecule has 0 aliphatic rings. The van der Waals surface area contributed by atoms with Crippen molar-refractivity contribution in [3.05, 3.63) is 58.2 Å². The first kappa shape index (κ1) is 14.6. The lowest BCUT2D eigenvalue weighted by Crippen LogP contribution is -2.15. The molecule has 0 aliphatic carbocycles. The summed E-state index contributed by atoms with van der Waals surface area (Å²) in [5.74, 6) is -0.178. The molecule has 0 fully saturated rings. The van der Waals surface area contributed by atoms with Crippen molar-refractivity contribution in [2.75, 3.05) is 5.32 Å². The number of nitrogens with one attached hydrogen (secondary N) is 1. The van der Waals surface area contributed by atoms with Gasteiger partial charge in [-0.1, -0.05) is 35.0 Å². The summed E-state index contributed by atoms with van der Waals surface area (Å²) < 4.78 is 5.35. The second kappa shape index (κ2) is 5.81. The quantitative estimate of drug-likeness (QED) is 0.785. The van der Waals surface area contributed by atoms with E-state index in [0.29, 0.717) is 16.4 Å². The molecule has 0 bridgehead atoms. The predicted octanol–water partition coefficient (Wildman–Crippen LogP) is 4.28. The number of amides is 1. The van der Waals surface area contributed by atoms with E-state index in [9.17, 15) is 4.79 Å². The van der Waals surface area contributed by atoms with Crippen molar-refractivity contribution in [3.8, 4) is 0 Å². The number of fused-ring (bicyclic) bond motifs is 1. The van der Waals surface area contributed by atoms with E-state index in [1.54, 1.807) is 12.1 Å². The van der Waals surface area contributed by atoms with Crippen molar-refractivity contribution >= 4 is 34.2 Å². The van der Waals surface area contributed by atoms with Gasteiger partial charge in [-0.25, -0.2) is 0 Å². The van der Waals surface area contributed by atoms with Crippen LogP contribution in [0.3, 0.4) is 0 Å². The Morgan fingerprint density at radius 3 is 2.82 bits per heavy atom. The third-order valence-electron chi connectivity index (χ3n) is 3.45. The Balaban J connectivity index is 1.84. The molecule has 4 nitrogen and oxygen atoms in total. The first-order valence-corrected chi connectivity index (χ1v) is 7.32. The zero-order valence-corrected chi connectivity index (χ0v) is 13.1. The number of para-hydroxylation sites is 1. The summed E-state index contributed by atoms with van der Waals surface area (Å²) in [5, 5.41) is 8.21. The van der Waals surface area contributed by atoms with Crippen LogP contribution in [-0.4, -0.2) is 11.1 Å². The average molecular weight is 315 g/mol. The third-order valence-corrected chi connectivity index (χ3v) is 3.78. The summed E-state index contributed by atoms with van der Waals surface area (Å²) in [6, 6.07) is 11.1. The van der Waals surface area contributed by atoms with E-state index in [1.165, 1.54) is 0 Å². The predicted molar refractivity (Wildman–Crippen MR) is 87.3 cm³/mol. The van der Waals surface area contributed by atoms with Crippen LogP contribution in [0.5, 0.6) is 0 Å². The van der Waals surface area contributed by atoms with Gasteiger partial charge in [-0.2, -0.15) is 0 Å². The van der Waals surface area contributed by atoms with Crippen molar-refractivity contribution in [2.24, 2.45) is 0 Å². The van der Waals surface area contributed by atoms with Gasteiger partial charge in [0, 0.05) is 5.39 Å². The molecule has 1 aromatic heterocycles. The van der Waals surface area contributed by atoms with Gasteiger partial charge in [0.15, 0.2) is 5.58 Å². The number of aromatic nitrogens is 1. The number of halogens is 1. The fraction of sp³-hybridized carbons (Fsp3) is 0.176. The van der Waals surface area contributed by atoms with Gasteiger partial charge in [0.1, 0.15) is 5.69 Å². The minimum atomic E-state index is -0.178. The van der Waals surface area contributed by atoms with E-state index in [2.05, 4.69) is 10.5 Å². The van der Waals surface area contributed by atoms with Gasteiger partial charge in [0.25, 0.3) is 0 Å². The second-order valence-electron chi connectivity index (χ2n) is 5.29. The number of hydrogen-bond donors (Lipinski definition) is 1.